The van der Waals surface area contributed by atoms with Crippen LogP contribution in [0.4, 0.5) is 0 Å². The number of phosphoric ester groups is 1. The van der Waals surface area contributed by atoms with Gasteiger partial charge in [0.2, 0.25) is 5.91 Å². The van der Waals surface area contributed by atoms with Crippen molar-refractivity contribution in [2.75, 3.05) is 18.4 Å². The third-order valence-electron chi connectivity index (χ3n) is 0.601. The van der Waals surface area contributed by atoms with Crippen molar-refractivity contribution in [1.82, 2.24) is 5.32 Å². The summed E-state index contributed by atoms with van der Waals surface area (Å²) in [6.45, 7) is -6.95. The third kappa shape index (κ3) is 9.98. The van der Waals surface area contributed by atoms with Crippen molar-refractivity contribution in [3.8, 4) is 0 Å². The predicted molar refractivity (Wildman–Crippen MR) is 49.4 cm³/mol. The number of amides is 1. The molecule has 0 bridgehead atoms. The lowest BCUT2D eigenvalue weighted by molar-refractivity contribution is -0.118. The van der Waals surface area contributed by atoms with Crippen molar-refractivity contribution < 1.29 is 31.9 Å². The van der Waals surface area contributed by atoms with Crippen LogP contribution in [-0.2, 0) is 13.9 Å². The van der Waals surface area contributed by atoms with Gasteiger partial charge in [-0.25, -0.2) is 4.57 Å². The molecule has 0 aromatic carbocycles. The van der Waals surface area contributed by atoms with Gasteiger partial charge >= 0.3 is 7.82 Å². The van der Waals surface area contributed by atoms with E-state index in [2.05, 4.69) is 20.5 Å². The summed E-state index contributed by atoms with van der Waals surface area (Å²) < 4.78 is 57.6. The predicted octanol–water partition coefficient (Wildman–Crippen LogP) is -0.00310. The lowest BCUT2D eigenvalue weighted by Gasteiger charge is -2.05. The largest absolute Gasteiger partial charge is 0.469 e. The van der Waals surface area contributed by atoms with Crippen molar-refractivity contribution >= 4 is 29.7 Å². The first-order chi connectivity index (χ1) is 8.16. The van der Waals surface area contributed by atoms with Crippen molar-refractivity contribution in [2.24, 2.45) is 0 Å². The number of nitrogens with one attached hydrogen (secondary N) is 1. The second kappa shape index (κ2) is 6.50. The molecular weight excluding hydrogens is 265 g/mol. The number of hydrogen-bond acceptors (Lipinski definition) is 3. The number of rotatable bonds is 6. The fourth-order valence-corrected chi connectivity index (χ4v) is 0.547. The Labute approximate surface area is 92.5 Å². The zero-order valence-corrected chi connectivity index (χ0v) is 8.63. The van der Waals surface area contributed by atoms with Crippen molar-refractivity contribution in [1.29, 1.82) is 0 Å². The Balaban J connectivity index is 5.33. The van der Waals surface area contributed by atoms with Gasteiger partial charge in [0.1, 0.15) is 0 Å². The molecule has 8 heteroatoms. The van der Waals surface area contributed by atoms with Crippen molar-refractivity contribution in [3.63, 3.8) is 0 Å². The lowest BCUT2D eigenvalue weighted by Crippen LogP contribution is -2.25. The molecule has 1 amide bonds. The van der Waals surface area contributed by atoms with Crippen LogP contribution in [0.2, 0.25) is 0 Å². The first-order valence-corrected chi connectivity index (χ1v) is 5.45. The van der Waals surface area contributed by atoms with E-state index >= 15 is 0 Å². The number of phosphoric acid groups is 1. The molecule has 3 N–H and O–H groups in total. The van der Waals surface area contributed by atoms with E-state index in [1.165, 1.54) is 5.32 Å². The van der Waals surface area contributed by atoms with Gasteiger partial charge in [0.25, 0.3) is 0 Å². The Morgan fingerprint density at radius 3 is 2.77 bits per heavy atom. The van der Waals surface area contributed by atoms with E-state index in [1.807, 2.05) is 0 Å². The van der Waals surface area contributed by atoms with Crippen LogP contribution in [0.1, 0.15) is 14.6 Å². The molecule has 0 unspecified atom stereocenters. The Kier molecular flexibility index (Phi) is 2.91. The quantitative estimate of drug-likeness (QED) is 0.470. The summed E-state index contributed by atoms with van der Waals surface area (Å²) in [6, 6.07) is 0. The average Bonchev–Trinajstić information content (AvgIpc) is 2.12. The second-order valence-corrected chi connectivity index (χ2v) is 3.34. The number of hydrogen-bond donors (Lipinski definition) is 3. The average molecular weight is 282 g/mol. The minimum Gasteiger partial charge on any atom is -0.355 e. The van der Waals surface area contributed by atoms with E-state index < -0.39 is 33.2 Å². The van der Waals surface area contributed by atoms with Gasteiger partial charge in [-0.1, -0.05) is 15.9 Å². The minimum absolute atomic E-state index is 0.370. The van der Waals surface area contributed by atoms with Crippen molar-refractivity contribution in [2.45, 2.75) is 6.37 Å². The van der Waals surface area contributed by atoms with E-state index in [4.69, 9.17) is 18.0 Å². The van der Waals surface area contributed by atoms with Gasteiger partial charge in [-0.15, -0.1) is 0 Å². The molecule has 0 aromatic heterocycles. The molecule has 0 atom stereocenters. The van der Waals surface area contributed by atoms with Gasteiger partial charge in [-0.3, -0.25) is 9.32 Å². The van der Waals surface area contributed by atoms with Gasteiger partial charge in [0.15, 0.2) is 0 Å². The zero-order chi connectivity index (χ0) is 15.7. The number of carbonyl (C=O) groups excluding carboxylic acids is 1. The Bertz CT molecular complexity index is 399. The van der Waals surface area contributed by atoms with Crippen LogP contribution in [0.3, 0.4) is 0 Å². The highest BCUT2D eigenvalue weighted by Crippen LogP contribution is 2.35. The highest BCUT2D eigenvalue weighted by atomic mass is 79.9. The van der Waals surface area contributed by atoms with Gasteiger partial charge in [-0.05, 0) is 6.37 Å². The van der Waals surface area contributed by atoms with Gasteiger partial charge in [-0.2, -0.15) is 0 Å². The van der Waals surface area contributed by atoms with E-state index in [-0.39, 0.29) is 5.33 Å². The molecule has 0 fully saturated rings. The zero-order valence-electron chi connectivity index (χ0n) is 12.2. The smallest absolute Gasteiger partial charge is 0.355 e. The first kappa shape index (κ1) is 5.82. The molecule has 0 rings (SSSR count). The molecule has 78 valence electrons. The minimum atomic E-state index is -5.40. The molecule has 0 saturated carbocycles. The number of carbonyl (C=O) groups is 1. The van der Waals surface area contributed by atoms with E-state index in [9.17, 15) is 9.36 Å². The van der Waals surface area contributed by atoms with E-state index in [0.29, 0.717) is 0 Å². The molecule has 0 spiro atoms. The maximum absolute atomic E-state index is 11.0. The molecule has 6 nitrogen and oxygen atoms in total. The maximum atomic E-state index is 11.0. The van der Waals surface area contributed by atoms with E-state index in [0.717, 1.165) is 0 Å². The maximum Gasteiger partial charge on any atom is 0.469 e. The van der Waals surface area contributed by atoms with Crippen LogP contribution in [0.5, 0.6) is 0 Å². The van der Waals surface area contributed by atoms with Crippen LogP contribution in [-0.4, -0.2) is 34.1 Å². The van der Waals surface area contributed by atoms with Crippen LogP contribution in [0.15, 0.2) is 0 Å². The fourth-order valence-electron chi connectivity index (χ4n) is 0.242. The molecular formula is C5H11BrNO5P. The summed E-state index contributed by atoms with van der Waals surface area (Å²) >= 11 is 2.68. The summed E-state index contributed by atoms with van der Waals surface area (Å²) in [7, 11) is -5.40. The van der Waals surface area contributed by atoms with Gasteiger partial charge in [0.05, 0.1) is 14.6 Å². The highest BCUT2D eigenvalue weighted by Gasteiger charge is 2.12. The summed E-state index contributed by atoms with van der Waals surface area (Å²) in [5, 5.41) is 1.17. The Morgan fingerprint density at radius 1 is 1.69 bits per heavy atom. The van der Waals surface area contributed by atoms with Crippen LogP contribution in [0, 0.1) is 0 Å². The summed E-state index contributed by atoms with van der Waals surface area (Å²) in [5.41, 5.74) is 0. The van der Waals surface area contributed by atoms with E-state index in [1.54, 1.807) is 0 Å². The van der Waals surface area contributed by atoms with Gasteiger partial charge in [0, 0.05) is 12.0 Å². The first-order valence-electron chi connectivity index (χ1n) is 5.79. The second-order valence-electron chi connectivity index (χ2n) is 1.62. The molecule has 0 aromatic rings. The van der Waals surface area contributed by atoms with Crippen LogP contribution in [0.25, 0.3) is 0 Å². The lowest BCUT2D eigenvalue weighted by atomic mass is 10.4. The Hall–Kier alpha value is 0.0600. The summed E-state index contributed by atoms with van der Waals surface area (Å²) in [5.74, 6) is -0.985. The highest BCUT2D eigenvalue weighted by molar-refractivity contribution is 9.09. The number of alkyl halides is 1. The Morgan fingerprint density at radius 2 is 2.31 bits per heavy atom. The topological polar surface area (TPSA) is 95.9 Å². The SMILES string of the molecule is [2H]C([2H])(NC(=O)CBr)C([2H])([2H])C([2H])([2H])OP(=O)(O)O. The molecule has 0 aliphatic rings. The van der Waals surface area contributed by atoms with Gasteiger partial charge < -0.3 is 15.1 Å². The fraction of sp³-hybridized carbons (Fsp3) is 0.800. The molecule has 0 aliphatic heterocycles. The normalized spacial score (nSPS) is 21.5. The standard InChI is InChI=1S/C5H11BrNO5P/c6-4-5(8)7-2-1-3-12-13(9,10)11/h1-4H2,(H,7,8)(H2,9,10,11)/i1D2,2D2,3D2. The monoisotopic (exact) mass is 281 g/mol. The molecule has 0 aliphatic carbocycles. The van der Waals surface area contributed by atoms with Crippen molar-refractivity contribution in [3.05, 3.63) is 0 Å². The molecule has 0 radical (unpaired) electrons. The molecule has 0 heterocycles. The molecule has 0 saturated heterocycles. The summed E-state index contributed by atoms with van der Waals surface area (Å²) in [4.78, 5) is 28.0. The van der Waals surface area contributed by atoms with Crippen LogP contribution >= 0.6 is 23.8 Å². The number of halogens is 1. The third-order valence-corrected chi connectivity index (χ3v) is 1.44. The molecule has 13 heavy (non-hydrogen) atoms. The van der Waals surface area contributed by atoms with Crippen LogP contribution < -0.4 is 5.32 Å². The summed E-state index contributed by atoms with van der Waals surface area (Å²) in [6.07, 6.45) is -3.57.